The van der Waals surface area contributed by atoms with Gasteiger partial charge in [-0.05, 0) is 43.7 Å². The molecule has 1 aliphatic carbocycles. The zero-order valence-corrected chi connectivity index (χ0v) is 18.0. The summed E-state index contributed by atoms with van der Waals surface area (Å²) in [6, 6.07) is 2.24. The van der Waals surface area contributed by atoms with E-state index in [-0.39, 0.29) is 11.9 Å². The molecule has 0 radical (unpaired) electrons. The number of halogens is 3. The molecule has 0 aromatic carbocycles. The van der Waals surface area contributed by atoms with E-state index in [1.807, 2.05) is 21.8 Å². The van der Waals surface area contributed by atoms with Crippen molar-refractivity contribution in [3.8, 4) is 5.88 Å². The van der Waals surface area contributed by atoms with E-state index in [1.54, 1.807) is 7.11 Å². The Labute approximate surface area is 187 Å². The minimum absolute atomic E-state index is 0.00346. The molecule has 3 N–H and O–H groups in total. The number of alkyl halides is 3. The van der Waals surface area contributed by atoms with Gasteiger partial charge in [0.25, 0.3) is 5.91 Å². The summed E-state index contributed by atoms with van der Waals surface area (Å²) in [7, 11) is 1.58. The number of rotatable bonds is 4. The van der Waals surface area contributed by atoms with Crippen LogP contribution in [0, 0.1) is 0 Å². The molecule has 13 heteroatoms. The first-order valence-electron chi connectivity index (χ1n) is 10.4. The number of methoxy groups -OCH3 is 1. The van der Waals surface area contributed by atoms with Gasteiger partial charge in [-0.2, -0.15) is 13.2 Å². The number of ether oxygens (including phenoxy) is 1. The van der Waals surface area contributed by atoms with Crippen LogP contribution in [0.2, 0.25) is 0 Å². The third-order valence-electron chi connectivity index (χ3n) is 5.57. The molecule has 10 nitrogen and oxygen atoms in total. The van der Waals surface area contributed by atoms with E-state index in [0.29, 0.717) is 31.1 Å². The number of hydrogen-bond acceptors (Lipinski definition) is 7. The van der Waals surface area contributed by atoms with Gasteiger partial charge in [0.15, 0.2) is 0 Å². The summed E-state index contributed by atoms with van der Waals surface area (Å²) in [5.74, 6) is -2.31. The van der Waals surface area contributed by atoms with Gasteiger partial charge in [-0.15, -0.1) is 5.10 Å². The number of carbonyl (C=O) groups excluding carboxylic acids is 1. The second kappa shape index (κ2) is 10.1. The molecule has 3 heterocycles. The smallest absolute Gasteiger partial charge is 0.480 e. The highest BCUT2D eigenvalue weighted by atomic mass is 19.4. The maximum Gasteiger partial charge on any atom is 0.490 e. The molecule has 1 saturated heterocycles. The van der Waals surface area contributed by atoms with E-state index >= 15 is 0 Å². The van der Waals surface area contributed by atoms with Gasteiger partial charge in [0.2, 0.25) is 5.88 Å². The molecule has 180 valence electrons. The molecular weight excluding hydrogens is 445 g/mol. The minimum atomic E-state index is -5.08. The summed E-state index contributed by atoms with van der Waals surface area (Å²) < 4.78 is 39.0. The highest BCUT2D eigenvalue weighted by Crippen LogP contribution is 2.29. The summed E-state index contributed by atoms with van der Waals surface area (Å²) in [5, 5.41) is 15.3. The summed E-state index contributed by atoms with van der Waals surface area (Å²) in [6.45, 7) is 1.76. The molecule has 4 rings (SSSR count). The maximum atomic E-state index is 13.0. The summed E-state index contributed by atoms with van der Waals surface area (Å²) >= 11 is 0. The average molecular weight is 470 g/mol. The molecule has 1 aliphatic heterocycles. The Bertz CT molecular complexity index is 1000. The van der Waals surface area contributed by atoms with E-state index in [0.717, 1.165) is 43.5 Å². The topological polar surface area (TPSA) is 136 Å². The van der Waals surface area contributed by atoms with Gasteiger partial charge in [-0.25, -0.2) is 14.5 Å². The van der Waals surface area contributed by atoms with E-state index in [2.05, 4.69) is 15.3 Å². The molecule has 33 heavy (non-hydrogen) atoms. The Morgan fingerprint density at radius 3 is 2.48 bits per heavy atom. The number of nitrogens with two attached hydrogens (primary N) is 1. The van der Waals surface area contributed by atoms with Crippen LogP contribution < -0.4 is 10.5 Å². The van der Waals surface area contributed by atoms with Crippen LogP contribution in [-0.2, 0) is 24.2 Å². The van der Waals surface area contributed by atoms with Crippen LogP contribution in [-0.4, -0.2) is 68.2 Å². The van der Waals surface area contributed by atoms with Crippen LogP contribution in [0.1, 0.15) is 52.6 Å². The Morgan fingerprint density at radius 1 is 1.27 bits per heavy atom. The van der Waals surface area contributed by atoms with Crippen molar-refractivity contribution in [2.45, 2.75) is 50.9 Å². The molecule has 0 bridgehead atoms. The predicted molar refractivity (Wildman–Crippen MR) is 109 cm³/mol. The van der Waals surface area contributed by atoms with Crippen molar-refractivity contribution in [1.82, 2.24) is 24.9 Å². The quantitative estimate of drug-likeness (QED) is 0.690. The number of piperidine rings is 1. The van der Waals surface area contributed by atoms with E-state index in [1.165, 1.54) is 5.56 Å². The van der Waals surface area contributed by atoms with Crippen molar-refractivity contribution in [1.29, 1.82) is 0 Å². The maximum absolute atomic E-state index is 13.0. The van der Waals surface area contributed by atoms with Crippen molar-refractivity contribution in [2.75, 3.05) is 20.2 Å². The van der Waals surface area contributed by atoms with Crippen molar-refractivity contribution in [3.05, 3.63) is 34.8 Å². The average Bonchev–Trinajstić information content (AvgIpc) is 3.46. The number of pyridine rings is 1. The van der Waals surface area contributed by atoms with Crippen molar-refractivity contribution in [2.24, 2.45) is 5.73 Å². The van der Waals surface area contributed by atoms with Crippen molar-refractivity contribution < 1.29 is 32.6 Å². The molecule has 0 saturated carbocycles. The molecule has 1 fully saturated rings. The van der Waals surface area contributed by atoms with E-state index in [9.17, 15) is 18.0 Å². The number of amides is 1. The van der Waals surface area contributed by atoms with E-state index in [4.69, 9.17) is 20.4 Å². The lowest BCUT2D eigenvalue weighted by atomic mass is 10.0. The largest absolute Gasteiger partial charge is 0.490 e. The summed E-state index contributed by atoms with van der Waals surface area (Å²) in [6.07, 6.45) is 1.56. The first-order valence-corrected chi connectivity index (χ1v) is 10.4. The Hall–Kier alpha value is -3.22. The highest BCUT2D eigenvalue weighted by Gasteiger charge is 2.38. The fraction of sp³-hybridized carbons (Fsp3) is 0.550. The third-order valence-corrected chi connectivity index (χ3v) is 5.57. The van der Waals surface area contributed by atoms with Gasteiger partial charge in [-0.1, -0.05) is 5.21 Å². The molecule has 2 aromatic heterocycles. The van der Waals surface area contributed by atoms with Gasteiger partial charge < -0.3 is 20.5 Å². The molecule has 2 aromatic rings. The van der Waals surface area contributed by atoms with Gasteiger partial charge >= 0.3 is 12.1 Å². The first kappa shape index (κ1) is 24.4. The molecule has 2 aliphatic rings. The lowest BCUT2D eigenvalue weighted by Crippen LogP contribution is -2.39. The zero-order chi connectivity index (χ0) is 24.2. The normalized spacial score (nSPS) is 16.1. The number of fused-ring (bicyclic) bond motifs is 1. The number of aromatic nitrogens is 4. The number of carboxylic acid groups (broad SMARTS) is 1. The fourth-order valence-electron chi connectivity index (χ4n) is 3.85. The van der Waals surface area contributed by atoms with Crippen molar-refractivity contribution >= 4 is 11.9 Å². The lowest BCUT2D eigenvalue weighted by molar-refractivity contribution is -0.192. The van der Waals surface area contributed by atoms with Gasteiger partial charge in [0, 0.05) is 25.3 Å². The number of likely N-dealkylation sites (tertiary alicyclic amines) is 1. The van der Waals surface area contributed by atoms with Crippen molar-refractivity contribution in [3.63, 3.8) is 0 Å². The molecule has 0 unspecified atom stereocenters. The molecule has 0 spiro atoms. The van der Waals surface area contributed by atoms with Crippen LogP contribution in [0.25, 0.3) is 0 Å². The second-order valence-electron chi connectivity index (χ2n) is 7.72. The zero-order valence-electron chi connectivity index (χ0n) is 18.0. The van der Waals surface area contributed by atoms with E-state index < -0.39 is 12.1 Å². The Balaban J connectivity index is 0.000000383. The Kier molecular flexibility index (Phi) is 7.51. The van der Waals surface area contributed by atoms with Gasteiger partial charge in [0.05, 0.1) is 25.0 Å². The first-order chi connectivity index (χ1) is 15.6. The molecule has 0 atom stereocenters. The standard InChI is InChI=1S/C18H24N6O2.C2HF3O2/c1-26-17-15(9-12-3-2-4-16(12)20-17)18(25)23-7-5-14(6-8-23)24-11-13(10-19)21-22-24;3-2(4,5)1(6)7/h9,11,14H,2-8,10,19H2,1H3;(H,6,7). The lowest BCUT2D eigenvalue weighted by Gasteiger charge is -2.32. The molecular formula is C20H25F3N6O4. The van der Waals surface area contributed by atoms with Gasteiger partial charge in [-0.3, -0.25) is 4.79 Å². The third kappa shape index (κ3) is 5.78. The van der Waals surface area contributed by atoms with Crippen LogP contribution in [0.5, 0.6) is 5.88 Å². The second-order valence-corrected chi connectivity index (χ2v) is 7.72. The summed E-state index contributed by atoms with van der Waals surface area (Å²) in [4.78, 5) is 28.4. The van der Waals surface area contributed by atoms with Crippen LogP contribution >= 0.6 is 0 Å². The van der Waals surface area contributed by atoms with Crippen LogP contribution in [0.15, 0.2) is 12.3 Å². The number of nitrogens with zero attached hydrogens (tertiary/aromatic N) is 5. The highest BCUT2D eigenvalue weighted by molar-refractivity contribution is 5.96. The van der Waals surface area contributed by atoms with Crippen LogP contribution in [0.3, 0.4) is 0 Å². The number of carboxylic acids is 1. The number of aliphatic carboxylic acids is 1. The van der Waals surface area contributed by atoms with Crippen LogP contribution in [0.4, 0.5) is 13.2 Å². The Morgan fingerprint density at radius 2 is 1.94 bits per heavy atom. The number of aryl methyl sites for hydroxylation is 2. The molecule has 1 amide bonds. The summed E-state index contributed by atoms with van der Waals surface area (Å²) in [5.41, 5.74) is 9.22. The predicted octanol–water partition coefficient (Wildman–Crippen LogP) is 1.74. The fourth-order valence-corrected chi connectivity index (χ4v) is 3.85. The van der Waals surface area contributed by atoms with Gasteiger partial charge in [0.1, 0.15) is 5.56 Å². The minimum Gasteiger partial charge on any atom is -0.480 e. The monoisotopic (exact) mass is 470 g/mol. The number of hydrogen-bond donors (Lipinski definition) is 2. The number of carbonyl (C=O) groups is 2. The SMILES string of the molecule is COc1nc2c(cc1C(=O)N1CCC(n3cc(CN)nn3)CC1)CCC2.O=C(O)C(F)(F)F.